The van der Waals surface area contributed by atoms with Crippen LogP contribution in [0.4, 0.5) is 10.1 Å². The number of anilines is 1. The van der Waals surface area contributed by atoms with Gasteiger partial charge in [0.25, 0.3) is 5.91 Å². The van der Waals surface area contributed by atoms with Crippen molar-refractivity contribution in [2.75, 3.05) is 25.7 Å². The van der Waals surface area contributed by atoms with Crippen molar-refractivity contribution in [2.45, 2.75) is 13.8 Å². The first-order valence-corrected chi connectivity index (χ1v) is 9.81. The van der Waals surface area contributed by atoms with Gasteiger partial charge in [-0.25, -0.2) is 9.18 Å². The molecule has 1 amide bonds. The molecule has 162 valence electrons. The number of halogens is 2. The summed E-state index contributed by atoms with van der Waals surface area (Å²) in [5.74, 6) is -0.681. The average Bonchev–Trinajstić information content (AvgIpc) is 3.00. The van der Waals surface area contributed by atoms with E-state index in [1.807, 2.05) is 6.92 Å². The maximum absolute atomic E-state index is 13.6. The lowest BCUT2D eigenvalue weighted by atomic mass is 10.0. The number of ether oxygens (including phenoxy) is 3. The fraction of sp³-hybridized carbons (Fsp3) is 0.217. The Balaban J connectivity index is 2.12. The molecule has 2 aromatic rings. The molecular formula is C23H21ClFNO5. The third-order valence-electron chi connectivity index (χ3n) is 4.75. The summed E-state index contributed by atoms with van der Waals surface area (Å²) in [6, 6.07) is 9.08. The number of nitrogens with zero attached hydrogens (tertiary/aromatic N) is 1. The molecule has 1 aliphatic rings. The summed E-state index contributed by atoms with van der Waals surface area (Å²) in [5.41, 5.74) is 1.56. The third-order valence-corrected chi connectivity index (χ3v) is 5.04. The van der Waals surface area contributed by atoms with E-state index in [1.54, 1.807) is 31.2 Å². The summed E-state index contributed by atoms with van der Waals surface area (Å²) in [6.45, 7) is 3.94. The number of amides is 1. The van der Waals surface area contributed by atoms with Crippen molar-refractivity contribution >= 4 is 35.2 Å². The molecule has 0 atom stereocenters. The number of allylic oxidation sites excluding steroid dienone is 1. The van der Waals surface area contributed by atoms with E-state index in [0.29, 0.717) is 35.1 Å². The first-order valence-electron chi connectivity index (χ1n) is 9.44. The van der Waals surface area contributed by atoms with E-state index >= 15 is 0 Å². The maximum Gasteiger partial charge on any atom is 0.340 e. The van der Waals surface area contributed by atoms with Gasteiger partial charge in [0, 0.05) is 5.70 Å². The van der Waals surface area contributed by atoms with Crippen LogP contribution in [0.5, 0.6) is 11.5 Å². The van der Waals surface area contributed by atoms with Crippen LogP contribution in [0.15, 0.2) is 53.2 Å². The Morgan fingerprint density at radius 2 is 1.90 bits per heavy atom. The van der Waals surface area contributed by atoms with Crippen LogP contribution in [0.25, 0.3) is 6.08 Å². The predicted molar refractivity (Wildman–Crippen MR) is 116 cm³/mol. The maximum atomic E-state index is 13.6. The summed E-state index contributed by atoms with van der Waals surface area (Å²) in [6.07, 6.45) is 1.57. The molecule has 3 rings (SSSR count). The molecule has 0 unspecified atom stereocenters. The fourth-order valence-corrected chi connectivity index (χ4v) is 3.51. The molecule has 0 saturated carbocycles. The molecule has 0 radical (unpaired) electrons. The van der Waals surface area contributed by atoms with Gasteiger partial charge in [0.2, 0.25) is 0 Å². The van der Waals surface area contributed by atoms with Gasteiger partial charge in [-0.2, -0.15) is 0 Å². The van der Waals surface area contributed by atoms with Gasteiger partial charge in [0.1, 0.15) is 5.82 Å². The molecule has 1 heterocycles. The highest BCUT2D eigenvalue weighted by Gasteiger charge is 2.38. The van der Waals surface area contributed by atoms with Crippen LogP contribution in [-0.2, 0) is 14.3 Å². The zero-order chi connectivity index (χ0) is 22.7. The molecule has 0 aliphatic carbocycles. The van der Waals surface area contributed by atoms with Crippen molar-refractivity contribution in [3.8, 4) is 11.5 Å². The number of hydrogen-bond acceptors (Lipinski definition) is 5. The minimum absolute atomic E-state index is 0.112. The molecule has 0 fully saturated rings. The summed E-state index contributed by atoms with van der Waals surface area (Å²) >= 11 is 5.89. The van der Waals surface area contributed by atoms with E-state index < -0.39 is 17.7 Å². The number of esters is 1. The van der Waals surface area contributed by atoms with Gasteiger partial charge < -0.3 is 14.2 Å². The summed E-state index contributed by atoms with van der Waals surface area (Å²) in [5, 5.41) is -0.133. The van der Waals surface area contributed by atoms with Gasteiger partial charge in [0.05, 0.1) is 42.7 Å². The molecule has 6 nitrogen and oxygen atoms in total. The second-order valence-corrected chi connectivity index (χ2v) is 7.00. The molecule has 8 heteroatoms. The lowest BCUT2D eigenvalue weighted by molar-refractivity contribution is -0.136. The molecule has 0 bridgehead atoms. The molecule has 1 aliphatic heterocycles. The SMILES string of the molecule is CCOc1ccc(/C=C2\C(=O)N(c3ccc(F)c(Cl)c3)C(C)=C2C(=O)OC)cc1OC. The van der Waals surface area contributed by atoms with Crippen molar-refractivity contribution < 1.29 is 28.2 Å². The molecule has 0 saturated heterocycles. The first-order chi connectivity index (χ1) is 14.8. The van der Waals surface area contributed by atoms with E-state index in [-0.39, 0.29) is 16.2 Å². The normalized spacial score (nSPS) is 15.0. The topological polar surface area (TPSA) is 65.1 Å². The fourth-order valence-electron chi connectivity index (χ4n) is 3.33. The van der Waals surface area contributed by atoms with Crippen molar-refractivity contribution in [3.05, 3.63) is 69.6 Å². The number of carbonyl (C=O) groups excluding carboxylic acids is 2. The van der Waals surface area contributed by atoms with Crippen LogP contribution in [0.1, 0.15) is 19.4 Å². The summed E-state index contributed by atoms with van der Waals surface area (Å²) in [7, 11) is 2.75. The Labute approximate surface area is 184 Å². The van der Waals surface area contributed by atoms with Crippen molar-refractivity contribution in [1.29, 1.82) is 0 Å². The predicted octanol–water partition coefficient (Wildman–Crippen LogP) is 4.76. The largest absolute Gasteiger partial charge is 0.493 e. The Hall–Kier alpha value is -3.32. The second-order valence-electron chi connectivity index (χ2n) is 6.59. The summed E-state index contributed by atoms with van der Waals surface area (Å²) < 4.78 is 29.4. The van der Waals surface area contributed by atoms with Crippen LogP contribution in [0.3, 0.4) is 0 Å². The van der Waals surface area contributed by atoms with Gasteiger partial charge >= 0.3 is 5.97 Å². The molecule has 0 spiro atoms. The van der Waals surface area contributed by atoms with Crippen LogP contribution < -0.4 is 14.4 Å². The third kappa shape index (κ3) is 4.27. The van der Waals surface area contributed by atoms with Gasteiger partial charge in [-0.1, -0.05) is 17.7 Å². The highest BCUT2D eigenvalue weighted by Crippen LogP contribution is 2.37. The van der Waals surface area contributed by atoms with Crippen LogP contribution >= 0.6 is 11.6 Å². The number of rotatable bonds is 6. The highest BCUT2D eigenvalue weighted by atomic mass is 35.5. The lowest BCUT2D eigenvalue weighted by Gasteiger charge is -2.18. The van der Waals surface area contributed by atoms with E-state index in [9.17, 15) is 14.0 Å². The lowest BCUT2D eigenvalue weighted by Crippen LogP contribution is -2.24. The molecular weight excluding hydrogens is 425 g/mol. The zero-order valence-corrected chi connectivity index (χ0v) is 18.2. The van der Waals surface area contributed by atoms with Gasteiger partial charge in [-0.15, -0.1) is 0 Å². The quantitative estimate of drug-likeness (QED) is 0.473. The number of methoxy groups -OCH3 is 2. The summed E-state index contributed by atoms with van der Waals surface area (Å²) in [4.78, 5) is 27.1. The van der Waals surface area contributed by atoms with E-state index in [0.717, 1.165) is 6.07 Å². The monoisotopic (exact) mass is 445 g/mol. The number of hydrogen-bond donors (Lipinski definition) is 0. The smallest absolute Gasteiger partial charge is 0.340 e. The minimum Gasteiger partial charge on any atom is -0.493 e. The van der Waals surface area contributed by atoms with Crippen LogP contribution in [-0.4, -0.2) is 32.7 Å². The van der Waals surface area contributed by atoms with E-state index in [4.69, 9.17) is 25.8 Å². The highest BCUT2D eigenvalue weighted by molar-refractivity contribution is 6.31. The molecule has 0 aromatic heterocycles. The van der Waals surface area contributed by atoms with Gasteiger partial charge in [-0.05, 0) is 55.8 Å². The van der Waals surface area contributed by atoms with Crippen LogP contribution in [0.2, 0.25) is 5.02 Å². The Bertz CT molecular complexity index is 1110. The number of carbonyl (C=O) groups is 2. The molecule has 2 aromatic carbocycles. The van der Waals surface area contributed by atoms with Gasteiger partial charge in [0.15, 0.2) is 11.5 Å². The van der Waals surface area contributed by atoms with E-state index in [1.165, 1.54) is 31.3 Å². The van der Waals surface area contributed by atoms with Crippen molar-refractivity contribution in [1.82, 2.24) is 0 Å². The zero-order valence-electron chi connectivity index (χ0n) is 17.5. The molecule has 0 N–H and O–H groups in total. The van der Waals surface area contributed by atoms with Crippen molar-refractivity contribution in [2.24, 2.45) is 0 Å². The minimum atomic E-state index is -0.661. The second kappa shape index (κ2) is 9.22. The van der Waals surface area contributed by atoms with Gasteiger partial charge in [-0.3, -0.25) is 9.69 Å². The average molecular weight is 446 g/mol. The van der Waals surface area contributed by atoms with Crippen molar-refractivity contribution in [3.63, 3.8) is 0 Å². The Morgan fingerprint density at radius 3 is 2.52 bits per heavy atom. The Morgan fingerprint density at radius 1 is 1.16 bits per heavy atom. The van der Waals surface area contributed by atoms with E-state index in [2.05, 4.69) is 0 Å². The number of benzene rings is 2. The molecule has 31 heavy (non-hydrogen) atoms. The van der Waals surface area contributed by atoms with Crippen LogP contribution in [0, 0.1) is 5.82 Å². The Kier molecular flexibility index (Phi) is 6.65. The standard InChI is InChI=1S/C23H21ClFNO5/c1-5-31-19-9-6-14(11-20(19)29-3)10-16-21(23(28)30-4)13(2)26(22(16)27)15-7-8-18(25)17(24)12-15/h6-12H,5H2,1-4H3/b16-10-. The first kappa shape index (κ1) is 22.4.